The first-order chi connectivity index (χ1) is 4.12. The van der Waals surface area contributed by atoms with E-state index >= 15 is 0 Å². The van der Waals surface area contributed by atoms with Crippen LogP contribution in [0.5, 0.6) is 0 Å². The maximum Gasteiger partial charge on any atom is 0.302 e. The van der Waals surface area contributed by atoms with E-state index in [-0.39, 0.29) is 11.5 Å². The molecule has 0 saturated heterocycles. The van der Waals surface area contributed by atoms with Crippen LogP contribution in [0.4, 0.5) is 0 Å². The summed E-state index contributed by atoms with van der Waals surface area (Å²) >= 11 is 0. The summed E-state index contributed by atoms with van der Waals surface area (Å²) in [7, 11) is 0. The van der Waals surface area contributed by atoms with Crippen molar-refractivity contribution in [2.24, 2.45) is 5.73 Å². The van der Waals surface area contributed by atoms with Gasteiger partial charge in [-0.1, -0.05) is 0 Å². The summed E-state index contributed by atoms with van der Waals surface area (Å²) < 4.78 is 4.70. The molecule has 0 bridgehead atoms. The molecule has 0 aromatic carbocycles. The number of rotatable bonds is 2. The van der Waals surface area contributed by atoms with Gasteiger partial charge in [-0.3, -0.25) is 4.79 Å². The highest BCUT2D eigenvalue weighted by Crippen LogP contribution is 2.31. The number of nitrogens with two attached hydrogens (primary N) is 1. The van der Waals surface area contributed by atoms with Gasteiger partial charge < -0.3 is 10.5 Å². The zero-order chi connectivity index (χ0) is 6.91. The summed E-state index contributed by atoms with van der Waals surface area (Å²) in [4.78, 5) is 10.2. The molecular formula is C6H11NO2. The number of hydrogen-bond donors (Lipinski definition) is 1. The number of carbonyl (C=O) groups is 1. The maximum absolute atomic E-state index is 10.2. The smallest absolute Gasteiger partial charge is 0.302 e. The van der Waals surface area contributed by atoms with Crippen LogP contribution in [0.3, 0.4) is 0 Å². The topological polar surface area (TPSA) is 52.3 Å². The molecule has 0 heterocycles. The molecule has 1 aliphatic rings. The Labute approximate surface area is 54.2 Å². The Morgan fingerprint density at radius 1 is 1.78 bits per heavy atom. The Hall–Kier alpha value is -0.570. The van der Waals surface area contributed by atoms with Gasteiger partial charge in [0, 0.05) is 6.92 Å². The molecule has 0 spiro atoms. The van der Waals surface area contributed by atoms with E-state index in [9.17, 15) is 4.79 Å². The third-order valence-electron chi connectivity index (χ3n) is 1.46. The minimum absolute atomic E-state index is 0.161. The van der Waals surface area contributed by atoms with Crippen LogP contribution in [0.15, 0.2) is 0 Å². The first-order valence-corrected chi connectivity index (χ1v) is 3.05. The van der Waals surface area contributed by atoms with Crippen molar-refractivity contribution in [3.63, 3.8) is 0 Å². The highest BCUT2D eigenvalue weighted by molar-refractivity contribution is 5.66. The zero-order valence-corrected chi connectivity index (χ0v) is 5.52. The number of hydrogen-bond acceptors (Lipinski definition) is 3. The third-order valence-corrected chi connectivity index (χ3v) is 1.46. The third kappa shape index (κ3) is 2.01. The molecule has 0 aromatic rings. The lowest BCUT2D eigenvalue weighted by Crippen LogP contribution is -2.29. The van der Waals surface area contributed by atoms with Crippen LogP contribution in [-0.2, 0) is 9.53 Å². The van der Waals surface area contributed by atoms with Gasteiger partial charge in [-0.2, -0.15) is 0 Å². The Morgan fingerprint density at radius 2 is 2.33 bits per heavy atom. The predicted octanol–water partition coefficient (Wildman–Crippen LogP) is 0.0408. The molecule has 0 aliphatic heterocycles. The van der Waals surface area contributed by atoms with E-state index in [1.165, 1.54) is 6.92 Å². The van der Waals surface area contributed by atoms with Gasteiger partial charge in [0.2, 0.25) is 0 Å². The molecule has 1 saturated carbocycles. The number of ether oxygens (including phenoxy) is 1. The number of carbonyl (C=O) groups excluding carboxylic acids is 1. The summed E-state index contributed by atoms with van der Waals surface area (Å²) in [5.41, 5.74) is 5.46. The van der Waals surface area contributed by atoms with Gasteiger partial charge in [0.25, 0.3) is 0 Å². The average Bonchev–Trinajstić information content (AvgIpc) is 2.45. The van der Waals surface area contributed by atoms with Crippen LogP contribution < -0.4 is 5.73 Å². The van der Waals surface area contributed by atoms with Crippen LogP contribution in [0.2, 0.25) is 0 Å². The summed E-state index contributed by atoms with van der Waals surface area (Å²) in [6.45, 7) is 1.79. The van der Waals surface area contributed by atoms with Crippen molar-refractivity contribution in [3.8, 4) is 0 Å². The van der Waals surface area contributed by atoms with Crippen molar-refractivity contribution in [2.45, 2.75) is 25.3 Å². The Bertz CT molecular complexity index is 129. The first kappa shape index (κ1) is 6.55. The Morgan fingerprint density at radius 3 is 2.67 bits per heavy atom. The molecule has 3 nitrogen and oxygen atoms in total. The summed E-state index contributed by atoms with van der Waals surface area (Å²) in [6, 6.07) is 0. The summed E-state index contributed by atoms with van der Waals surface area (Å²) in [6.07, 6.45) is 1.97. The van der Waals surface area contributed by atoms with E-state index in [1.54, 1.807) is 0 Å². The van der Waals surface area contributed by atoms with Gasteiger partial charge in [0.05, 0.1) is 5.54 Å². The molecule has 0 amide bonds. The highest BCUT2D eigenvalue weighted by atomic mass is 16.5. The molecule has 9 heavy (non-hydrogen) atoms. The molecule has 1 aliphatic carbocycles. The fraction of sp³-hybridized carbons (Fsp3) is 0.833. The van der Waals surface area contributed by atoms with Crippen LogP contribution in [0.1, 0.15) is 19.8 Å². The molecule has 2 N–H and O–H groups in total. The van der Waals surface area contributed by atoms with Crippen LogP contribution in [-0.4, -0.2) is 18.1 Å². The minimum atomic E-state index is -0.244. The SMILES string of the molecule is CC(=O)OCC1(N)CC1. The van der Waals surface area contributed by atoms with Gasteiger partial charge >= 0.3 is 5.97 Å². The predicted molar refractivity (Wildman–Crippen MR) is 32.8 cm³/mol. The lowest BCUT2D eigenvalue weighted by atomic mass is 10.3. The number of esters is 1. The quantitative estimate of drug-likeness (QED) is 0.535. The van der Waals surface area contributed by atoms with Crippen molar-refractivity contribution in [3.05, 3.63) is 0 Å². The largest absolute Gasteiger partial charge is 0.464 e. The molecule has 3 heteroatoms. The van der Waals surface area contributed by atoms with E-state index in [0.717, 1.165) is 12.8 Å². The molecule has 0 atom stereocenters. The van der Waals surface area contributed by atoms with E-state index in [0.29, 0.717) is 6.61 Å². The van der Waals surface area contributed by atoms with Crippen LogP contribution in [0.25, 0.3) is 0 Å². The molecule has 0 unspecified atom stereocenters. The van der Waals surface area contributed by atoms with Gasteiger partial charge in [-0.05, 0) is 12.8 Å². The highest BCUT2D eigenvalue weighted by Gasteiger charge is 2.39. The maximum atomic E-state index is 10.2. The second kappa shape index (κ2) is 1.99. The van der Waals surface area contributed by atoms with Gasteiger partial charge in [0.15, 0.2) is 0 Å². The van der Waals surface area contributed by atoms with Crippen molar-refractivity contribution < 1.29 is 9.53 Å². The molecule has 1 fully saturated rings. The second-order valence-corrected chi connectivity index (χ2v) is 2.64. The molecule has 0 aromatic heterocycles. The molecule has 1 rings (SSSR count). The van der Waals surface area contributed by atoms with Crippen molar-refractivity contribution in [2.75, 3.05) is 6.61 Å². The van der Waals surface area contributed by atoms with Crippen LogP contribution >= 0.6 is 0 Å². The molecule has 52 valence electrons. The first-order valence-electron chi connectivity index (χ1n) is 3.05. The van der Waals surface area contributed by atoms with E-state index in [1.807, 2.05) is 0 Å². The van der Waals surface area contributed by atoms with E-state index in [4.69, 9.17) is 10.5 Å². The van der Waals surface area contributed by atoms with E-state index in [2.05, 4.69) is 0 Å². The lowest BCUT2D eigenvalue weighted by Gasteiger charge is -2.06. The standard InChI is InChI=1S/C6H11NO2/c1-5(8)9-4-6(7)2-3-6/h2-4,7H2,1H3. The normalized spacial score (nSPS) is 21.1. The van der Waals surface area contributed by atoms with Gasteiger partial charge in [-0.25, -0.2) is 0 Å². The lowest BCUT2D eigenvalue weighted by molar-refractivity contribution is -0.141. The summed E-state index contributed by atoms with van der Waals surface area (Å²) in [5.74, 6) is -0.244. The van der Waals surface area contributed by atoms with Gasteiger partial charge in [0.1, 0.15) is 6.61 Å². The fourth-order valence-electron chi connectivity index (χ4n) is 0.550. The minimum Gasteiger partial charge on any atom is -0.464 e. The molecular weight excluding hydrogens is 118 g/mol. The zero-order valence-electron chi connectivity index (χ0n) is 5.52. The molecule has 0 radical (unpaired) electrons. The van der Waals surface area contributed by atoms with Crippen molar-refractivity contribution in [1.82, 2.24) is 0 Å². The second-order valence-electron chi connectivity index (χ2n) is 2.64. The van der Waals surface area contributed by atoms with Gasteiger partial charge in [-0.15, -0.1) is 0 Å². The summed E-state index contributed by atoms with van der Waals surface area (Å²) in [5, 5.41) is 0. The van der Waals surface area contributed by atoms with Crippen molar-refractivity contribution in [1.29, 1.82) is 0 Å². The average molecular weight is 129 g/mol. The van der Waals surface area contributed by atoms with Crippen LogP contribution in [0, 0.1) is 0 Å². The fourth-order valence-corrected chi connectivity index (χ4v) is 0.550. The van der Waals surface area contributed by atoms with E-state index < -0.39 is 0 Å². The Balaban J connectivity index is 2.12. The monoisotopic (exact) mass is 129 g/mol. The van der Waals surface area contributed by atoms with Crippen molar-refractivity contribution >= 4 is 5.97 Å². The Kier molecular flexibility index (Phi) is 1.45.